The Kier molecular flexibility index (Phi) is 5.92. The van der Waals surface area contributed by atoms with Crippen molar-refractivity contribution in [1.29, 1.82) is 0 Å². The molecule has 0 saturated carbocycles. The molecule has 2 aromatic rings. The third kappa shape index (κ3) is 3.84. The van der Waals surface area contributed by atoms with Crippen molar-refractivity contribution in [3.05, 3.63) is 65.0 Å². The van der Waals surface area contributed by atoms with Crippen molar-refractivity contribution < 1.29 is 13.6 Å². The maximum Gasteiger partial charge on any atom is 0.213 e. The predicted octanol–water partition coefficient (Wildman–Crippen LogP) is 5.15. The van der Waals surface area contributed by atoms with Gasteiger partial charge in [-0.2, -0.15) is 4.39 Å². The van der Waals surface area contributed by atoms with E-state index in [-0.39, 0.29) is 23.4 Å². The minimum Gasteiger partial charge on any atom is -0.374 e. The van der Waals surface area contributed by atoms with Gasteiger partial charge in [0, 0.05) is 42.5 Å². The highest BCUT2D eigenvalue weighted by Gasteiger charge is 2.31. The number of carbonyl (C=O) groups is 1. The molecule has 2 atom stereocenters. The smallest absolute Gasteiger partial charge is 0.213 e. The number of hydrogen-bond acceptors (Lipinski definition) is 3. The maximum atomic E-state index is 13.8. The summed E-state index contributed by atoms with van der Waals surface area (Å²) in [6, 6.07) is 6.13. The average molecular weight is 384 g/mol. The van der Waals surface area contributed by atoms with Gasteiger partial charge in [-0.05, 0) is 61.1 Å². The number of carbonyl (C=O) groups excluding carboxylic acids is 1. The van der Waals surface area contributed by atoms with Crippen LogP contribution in [0.25, 0.3) is 5.57 Å². The van der Waals surface area contributed by atoms with Gasteiger partial charge in [0.05, 0.1) is 0 Å². The number of aromatic nitrogens is 1. The first kappa shape index (κ1) is 20.2. The minimum atomic E-state index is -0.538. The van der Waals surface area contributed by atoms with E-state index in [0.717, 1.165) is 23.2 Å². The zero-order chi connectivity index (χ0) is 20.4. The standard InChI is InChI=1S/C23H26F2N2O/c1-5-14(3)19-11-22(25)26-12-20(19)18(6-2)23(28)16-9-15-10-17(24)7-8-21(15)27(4)13-16/h6-8,10-12,14,16H,5,9,13H2,1-4H3/b18-6+. The molecule has 2 heterocycles. The van der Waals surface area contributed by atoms with Crippen LogP contribution in [0.4, 0.5) is 14.5 Å². The van der Waals surface area contributed by atoms with E-state index in [1.54, 1.807) is 12.1 Å². The number of ketones is 1. The predicted molar refractivity (Wildman–Crippen MR) is 108 cm³/mol. The quantitative estimate of drug-likeness (QED) is 0.528. The van der Waals surface area contributed by atoms with E-state index in [0.29, 0.717) is 24.1 Å². The number of hydrogen-bond donors (Lipinski definition) is 0. The summed E-state index contributed by atoms with van der Waals surface area (Å²) in [4.78, 5) is 19.2. The number of allylic oxidation sites excluding steroid dienone is 2. The van der Waals surface area contributed by atoms with Crippen LogP contribution in [0.3, 0.4) is 0 Å². The van der Waals surface area contributed by atoms with Gasteiger partial charge in [0.1, 0.15) is 5.82 Å². The third-order valence-corrected chi connectivity index (χ3v) is 5.67. The zero-order valence-corrected chi connectivity index (χ0v) is 16.8. The van der Waals surface area contributed by atoms with Gasteiger partial charge in [-0.15, -0.1) is 0 Å². The van der Waals surface area contributed by atoms with Crippen molar-refractivity contribution in [2.75, 3.05) is 18.5 Å². The van der Waals surface area contributed by atoms with Crippen molar-refractivity contribution in [1.82, 2.24) is 4.98 Å². The first-order chi connectivity index (χ1) is 13.3. The van der Waals surface area contributed by atoms with Crippen LogP contribution in [0.5, 0.6) is 0 Å². The van der Waals surface area contributed by atoms with E-state index in [1.807, 2.05) is 32.7 Å². The molecule has 1 aliphatic rings. The molecular formula is C23H26F2N2O. The van der Waals surface area contributed by atoms with Gasteiger partial charge in [0.15, 0.2) is 5.78 Å². The van der Waals surface area contributed by atoms with Crippen molar-refractivity contribution in [2.24, 2.45) is 5.92 Å². The molecule has 3 rings (SSSR count). The summed E-state index contributed by atoms with van der Waals surface area (Å²) in [5.41, 5.74) is 3.84. The van der Waals surface area contributed by atoms with Crippen molar-refractivity contribution in [2.45, 2.75) is 39.5 Å². The molecule has 148 valence electrons. The Bertz CT molecular complexity index is 923. The van der Waals surface area contributed by atoms with Crippen LogP contribution in [-0.4, -0.2) is 24.4 Å². The van der Waals surface area contributed by atoms with Crippen LogP contribution >= 0.6 is 0 Å². The molecule has 0 fully saturated rings. The lowest BCUT2D eigenvalue weighted by molar-refractivity contribution is -0.117. The molecule has 0 spiro atoms. The maximum absolute atomic E-state index is 13.8. The van der Waals surface area contributed by atoms with E-state index < -0.39 is 5.95 Å². The first-order valence-corrected chi connectivity index (χ1v) is 9.71. The monoisotopic (exact) mass is 384 g/mol. The number of Topliss-reactive ketones (excluding diaryl/α,β-unsaturated/α-hetero) is 1. The van der Waals surface area contributed by atoms with Gasteiger partial charge in [-0.3, -0.25) is 4.79 Å². The van der Waals surface area contributed by atoms with E-state index in [9.17, 15) is 13.6 Å². The van der Waals surface area contributed by atoms with Gasteiger partial charge in [0.2, 0.25) is 5.95 Å². The lowest BCUT2D eigenvalue weighted by atomic mass is 9.82. The first-order valence-electron chi connectivity index (χ1n) is 9.71. The Balaban J connectivity index is 1.96. The highest BCUT2D eigenvalue weighted by Crippen LogP contribution is 2.34. The Morgan fingerprint density at radius 3 is 2.79 bits per heavy atom. The van der Waals surface area contributed by atoms with Gasteiger partial charge in [-0.25, -0.2) is 9.37 Å². The molecule has 0 bridgehead atoms. The van der Waals surface area contributed by atoms with E-state index in [2.05, 4.69) is 4.98 Å². The largest absolute Gasteiger partial charge is 0.374 e. The molecule has 0 saturated heterocycles. The van der Waals surface area contributed by atoms with Gasteiger partial charge < -0.3 is 4.90 Å². The van der Waals surface area contributed by atoms with Gasteiger partial charge in [0.25, 0.3) is 0 Å². The van der Waals surface area contributed by atoms with E-state index in [1.165, 1.54) is 24.4 Å². The molecule has 1 aromatic heterocycles. The lowest BCUT2D eigenvalue weighted by Gasteiger charge is -2.33. The summed E-state index contributed by atoms with van der Waals surface area (Å²) >= 11 is 0. The molecule has 0 N–H and O–H groups in total. The van der Waals surface area contributed by atoms with Crippen LogP contribution < -0.4 is 4.90 Å². The molecule has 0 amide bonds. The Morgan fingerprint density at radius 2 is 2.11 bits per heavy atom. The number of nitrogens with zero attached hydrogens (tertiary/aromatic N) is 2. The van der Waals surface area contributed by atoms with E-state index in [4.69, 9.17) is 0 Å². The number of benzene rings is 1. The highest BCUT2D eigenvalue weighted by molar-refractivity contribution is 6.22. The summed E-state index contributed by atoms with van der Waals surface area (Å²) in [6.07, 6.45) is 4.57. The second-order valence-electron chi connectivity index (χ2n) is 7.52. The van der Waals surface area contributed by atoms with Gasteiger partial charge in [-0.1, -0.05) is 19.9 Å². The number of anilines is 1. The molecule has 2 unspecified atom stereocenters. The Labute approximate surface area is 165 Å². The van der Waals surface area contributed by atoms with Gasteiger partial charge >= 0.3 is 0 Å². The van der Waals surface area contributed by atoms with Crippen LogP contribution in [0.2, 0.25) is 0 Å². The molecule has 5 heteroatoms. The second-order valence-corrected chi connectivity index (χ2v) is 7.52. The summed E-state index contributed by atoms with van der Waals surface area (Å²) in [5.74, 6) is -1.03. The molecule has 28 heavy (non-hydrogen) atoms. The fraction of sp³-hybridized carbons (Fsp3) is 0.391. The number of halogens is 2. The fourth-order valence-corrected chi connectivity index (χ4v) is 3.97. The summed E-state index contributed by atoms with van der Waals surface area (Å²) < 4.78 is 27.5. The van der Waals surface area contributed by atoms with Crippen molar-refractivity contribution in [3.8, 4) is 0 Å². The molecular weight excluding hydrogens is 358 g/mol. The van der Waals surface area contributed by atoms with Crippen LogP contribution in [-0.2, 0) is 11.2 Å². The Hall–Kier alpha value is -2.56. The average Bonchev–Trinajstić information content (AvgIpc) is 2.68. The Morgan fingerprint density at radius 1 is 1.36 bits per heavy atom. The minimum absolute atomic E-state index is 0.0118. The van der Waals surface area contributed by atoms with E-state index >= 15 is 0 Å². The SMILES string of the molecule is C/C=C(/C(=O)C1Cc2cc(F)ccc2N(C)C1)c1cnc(F)cc1C(C)CC. The molecule has 0 aliphatic carbocycles. The summed E-state index contributed by atoms with van der Waals surface area (Å²) in [5, 5.41) is 0. The molecule has 0 radical (unpaired) electrons. The molecule has 1 aliphatic heterocycles. The van der Waals surface area contributed by atoms with Crippen LogP contribution in [0, 0.1) is 17.7 Å². The number of fused-ring (bicyclic) bond motifs is 1. The highest BCUT2D eigenvalue weighted by atomic mass is 19.1. The fourth-order valence-electron chi connectivity index (χ4n) is 3.97. The number of rotatable bonds is 5. The topological polar surface area (TPSA) is 33.2 Å². The molecule has 1 aromatic carbocycles. The number of pyridine rings is 1. The lowest BCUT2D eigenvalue weighted by Crippen LogP contribution is -2.37. The van der Waals surface area contributed by atoms with Crippen molar-refractivity contribution in [3.63, 3.8) is 0 Å². The summed E-state index contributed by atoms with van der Waals surface area (Å²) in [7, 11) is 1.91. The second kappa shape index (κ2) is 8.21. The van der Waals surface area contributed by atoms with Crippen LogP contribution in [0.1, 0.15) is 49.8 Å². The summed E-state index contributed by atoms with van der Waals surface area (Å²) in [6.45, 7) is 6.42. The molecule has 3 nitrogen and oxygen atoms in total. The normalized spacial score (nSPS) is 18.0. The van der Waals surface area contributed by atoms with Crippen LogP contribution in [0.15, 0.2) is 36.5 Å². The third-order valence-electron chi connectivity index (χ3n) is 5.67. The van der Waals surface area contributed by atoms with Crippen molar-refractivity contribution >= 4 is 17.0 Å². The zero-order valence-electron chi connectivity index (χ0n) is 16.8.